The number of benzene rings is 2. The van der Waals surface area contributed by atoms with Gasteiger partial charge in [-0.2, -0.15) is 0 Å². The fourth-order valence-corrected chi connectivity index (χ4v) is 2.61. The molecular formula is C15H10FNS. The molecule has 3 heteroatoms. The highest BCUT2D eigenvalue weighted by Crippen LogP contribution is 2.39. The highest BCUT2D eigenvalue weighted by Gasteiger charge is 2.12. The van der Waals surface area contributed by atoms with Gasteiger partial charge in [0.1, 0.15) is 5.82 Å². The van der Waals surface area contributed by atoms with E-state index in [1.54, 1.807) is 11.6 Å². The van der Waals surface area contributed by atoms with E-state index in [1.807, 2.05) is 36.4 Å². The van der Waals surface area contributed by atoms with Gasteiger partial charge in [0, 0.05) is 10.5 Å². The maximum Gasteiger partial charge on any atom is 0.124 e. The average molecular weight is 255 g/mol. The van der Waals surface area contributed by atoms with Gasteiger partial charge >= 0.3 is 0 Å². The Morgan fingerprint density at radius 2 is 1.89 bits per heavy atom. The lowest BCUT2D eigenvalue weighted by Crippen LogP contribution is -1.89. The molecule has 2 aromatic rings. The molecule has 18 heavy (non-hydrogen) atoms. The number of hydrogen-bond acceptors (Lipinski definition) is 2. The van der Waals surface area contributed by atoms with Crippen molar-refractivity contribution >= 4 is 34.0 Å². The maximum absolute atomic E-state index is 13.3. The number of fused-ring (bicyclic) bond motifs is 1. The van der Waals surface area contributed by atoms with Crippen LogP contribution in [0.5, 0.6) is 0 Å². The molecule has 0 saturated carbocycles. The third kappa shape index (κ3) is 2.22. The van der Waals surface area contributed by atoms with Gasteiger partial charge in [-0.1, -0.05) is 42.1 Å². The van der Waals surface area contributed by atoms with Crippen molar-refractivity contribution in [3.05, 3.63) is 65.5 Å². The van der Waals surface area contributed by atoms with Gasteiger partial charge in [0.05, 0.1) is 11.2 Å². The largest absolute Gasteiger partial charge is 0.249 e. The second kappa shape index (κ2) is 4.78. The summed E-state index contributed by atoms with van der Waals surface area (Å²) in [5.74, 6) is -0.231. The van der Waals surface area contributed by atoms with E-state index in [-0.39, 0.29) is 5.82 Å². The molecule has 1 nitrogen and oxygen atoms in total. The number of rotatable bonds is 1. The molecule has 0 aromatic heterocycles. The van der Waals surface area contributed by atoms with Crippen LogP contribution in [0.4, 0.5) is 10.1 Å². The van der Waals surface area contributed by atoms with E-state index in [1.165, 1.54) is 23.9 Å². The summed E-state index contributed by atoms with van der Waals surface area (Å²) in [6.45, 7) is 0. The number of nitrogens with zero attached hydrogens (tertiary/aromatic N) is 1. The van der Waals surface area contributed by atoms with Gasteiger partial charge in [0.15, 0.2) is 0 Å². The third-order valence-electron chi connectivity index (χ3n) is 2.69. The first-order valence-electron chi connectivity index (χ1n) is 5.59. The maximum atomic E-state index is 13.3. The van der Waals surface area contributed by atoms with Gasteiger partial charge < -0.3 is 0 Å². The van der Waals surface area contributed by atoms with E-state index in [0.717, 1.165) is 21.7 Å². The predicted molar refractivity (Wildman–Crippen MR) is 76.5 cm³/mol. The summed E-state index contributed by atoms with van der Waals surface area (Å²) in [5.41, 5.74) is 4.56. The molecule has 0 spiro atoms. The van der Waals surface area contributed by atoms with Crippen LogP contribution in [0.15, 0.2) is 53.5 Å². The number of hydrogen-bond donors (Lipinski definition) is 0. The van der Waals surface area contributed by atoms with Gasteiger partial charge in [-0.25, -0.2) is 9.38 Å². The summed E-state index contributed by atoms with van der Waals surface area (Å²) in [7, 11) is 0. The second-order valence-electron chi connectivity index (χ2n) is 3.93. The van der Waals surface area contributed by atoms with Crippen LogP contribution in [0.3, 0.4) is 0 Å². The normalized spacial score (nSPS) is 15.7. The van der Waals surface area contributed by atoms with Gasteiger partial charge in [-0.05, 0) is 29.8 Å². The molecule has 1 heterocycles. The van der Waals surface area contributed by atoms with Crippen molar-refractivity contribution < 1.29 is 4.39 Å². The fraction of sp³-hybridized carbons (Fsp3) is 0. The number of aliphatic imine (C=N–C) groups is 1. The van der Waals surface area contributed by atoms with Crippen molar-refractivity contribution in [2.24, 2.45) is 4.99 Å². The summed E-state index contributed by atoms with van der Waals surface area (Å²) >= 11 is 1.51. The molecule has 2 aromatic carbocycles. The number of thioether (sulfide) groups is 1. The molecule has 0 fully saturated rings. The van der Waals surface area contributed by atoms with Crippen LogP contribution in [0.1, 0.15) is 11.1 Å². The molecule has 0 amide bonds. The standard InChI is InChI=1S/C15H10FNS/c16-12-6-7-14-13(9-12)15(18-10-17-14)8-11-4-2-1-3-5-11/h1-10H/b15-8-. The van der Waals surface area contributed by atoms with Gasteiger partial charge in [-0.3, -0.25) is 0 Å². The van der Waals surface area contributed by atoms with E-state index >= 15 is 0 Å². The summed E-state index contributed by atoms with van der Waals surface area (Å²) in [6.07, 6.45) is 2.05. The smallest absolute Gasteiger partial charge is 0.124 e. The number of halogens is 1. The Bertz CT molecular complexity index is 632. The van der Waals surface area contributed by atoms with Gasteiger partial charge in [0.2, 0.25) is 0 Å². The molecule has 1 aliphatic rings. The van der Waals surface area contributed by atoms with Crippen molar-refractivity contribution in [1.29, 1.82) is 0 Å². The zero-order valence-corrected chi connectivity index (χ0v) is 10.3. The third-order valence-corrected chi connectivity index (χ3v) is 3.50. The molecular weight excluding hydrogens is 245 g/mol. The van der Waals surface area contributed by atoms with Crippen LogP contribution in [-0.4, -0.2) is 5.55 Å². The molecule has 0 unspecified atom stereocenters. The molecule has 1 aliphatic heterocycles. The lowest BCUT2D eigenvalue weighted by Gasteiger charge is -2.12. The van der Waals surface area contributed by atoms with E-state index in [2.05, 4.69) is 4.99 Å². The first-order valence-corrected chi connectivity index (χ1v) is 6.47. The SMILES string of the molecule is Fc1ccc2c(c1)/C(=C/c1ccccc1)SC=N2. The Hall–Kier alpha value is -1.87. The zero-order chi connectivity index (χ0) is 12.4. The van der Waals surface area contributed by atoms with Crippen molar-refractivity contribution in [2.45, 2.75) is 0 Å². The molecule has 0 atom stereocenters. The Kier molecular flexibility index (Phi) is 2.99. The van der Waals surface area contributed by atoms with Crippen LogP contribution in [0.25, 0.3) is 11.0 Å². The first kappa shape index (κ1) is 11.2. The average Bonchev–Trinajstić information content (AvgIpc) is 2.41. The van der Waals surface area contributed by atoms with Crippen molar-refractivity contribution in [2.75, 3.05) is 0 Å². The fourth-order valence-electron chi connectivity index (χ4n) is 1.83. The van der Waals surface area contributed by atoms with E-state index in [4.69, 9.17) is 0 Å². The topological polar surface area (TPSA) is 12.4 Å². The van der Waals surface area contributed by atoms with Crippen molar-refractivity contribution in [3.8, 4) is 0 Å². The monoisotopic (exact) mass is 255 g/mol. The van der Waals surface area contributed by atoms with E-state index in [9.17, 15) is 4.39 Å². The highest BCUT2D eigenvalue weighted by atomic mass is 32.2. The minimum Gasteiger partial charge on any atom is -0.249 e. The summed E-state index contributed by atoms with van der Waals surface area (Å²) < 4.78 is 13.3. The molecule has 0 saturated heterocycles. The summed E-state index contributed by atoms with van der Waals surface area (Å²) in [5, 5.41) is 0. The van der Waals surface area contributed by atoms with E-state index < -0.39 is 0 Å². The lowest BCUT2D eigenvalue weighted by atomic mass is 10.1. The molecule has 0 radical (unpaired) electrons. The molecule has 0 N–H and O–H groups in total. The summed E-state index contributed by atoms with van der Waals surface area (Å²) in [4.78, 5) is 5.28. The first-order chi connectivity index (χ1) is 8.83. The quantitative estimate of drug-likeness (QED) is 0.717. The Labute approximate surface area is 109 Å². The predicted octanol–water partition coefficient (Wildman–Crippen LogP) is 4.73. The zero-order valence-electron chi connectivity index (χ0n) is 9.51. The second-order valence-corrected chi connectivity index (χ2v) is 4.82. The molecule has 0 aliphatic carbocycles. The highest BCUT2D eigenvalue weighted by molar-refractivity contribution is 8.20. The van der Waals surface area contributed by atoms with Crippen molar-refractivity contribution in [1.82, 2.24) is 0 Å². The van der Waals surface area contributed by atoms with Crippen LogP contribution in [-0.2, 0) is 0 Å². The minimum atomic E-state index is -0.231. The molecule has 0 bridgehead atoms. The Balaban J connectivity index is 2.08. The van der Waals surface area contributed by atoms with Crippen molar-refractivity contribution in [3.63, 3.8) is 0 Å². The Morgan fingerprint density at radius 1 is 1.06 bits per heavy atom. The minimum absolute atomic E-state index is 0.231. The van der Waals surface area contributed by atoms with Crippen LogP contribution >= 0.6 is 11.8 Å². The van der Waals surface area contributed by atoms with Gasteiger partial charge in [-0.15, -0.1) is 0 Å². The van der Waals surface area contributed by atoms with E-state index in [0.29, 0.717) is 0 Å². The molecule has 3 rings (SSSR count). The van der Waals surface area contributed by atoms with Crippen LogP contribution in [0, 0.1) is 5.82 Å². The molecule has 88 valence electrons. The summed E-state index contributed by atoms with van der Waals surface area (Å²) in [6, 6.07) is 14.7. The van der Waals surface area contributed by atoms with Gasteiger partial charge in [0.25, 0.3) is 0 Å². The van der Waals surface area contributed by atoms with Crippen LogP contribution in [0.2, 0.25) is 0 Å². The lowest BCUT2D eigenvalue weighted by molar-refractivity contribution is 0.627. The van der Waals surface area contributed by atoms with Crippen LogP contribution < -0.4 is 0 Å². The Morgan fingerprint density at radius 3 is 2.72 bits per heavy atom.